The van der Waals surface area contributed by atoms with E-state index in [1.54, 1.807) is 0 Å². The van der Waals surface area contributed by atoms with Crippen molar-refractivity contribution in [2.75, 3.05) is 37.6 Å². The van der Waals surface area contributed by atoms with Gasteiger partial charge < -0.3 is 10.2 Å². The molecule has 1 N–H and O–H groups in total. The number of aromatic nitrogens is 2. The smallest absolute Gasteiger partial charge is 0.234 e. The Labute approximate surface area is 184 Å². The van der Waals surface area contributed by atoms with Crippen LogP contribution in [0.3, 0.4) is 0 Å². The number of aryl methyl sites for hydroxylation is 1. The highest BCUT2D eigenvalue weighted by atomic mass is 16.2. The van der Waals surface area contributed by atoms with Crippen LogP contribution in [-0.4, -0.2) is 65.3 Å². The summed E-state index contributed by atoms with van der Waals surface area (Å²) in [5.41, 5.74) is 2.02. The lowest BCUT2D eigenvalue weighted by Gasteiger charge is -2.35. The Morgan fingerprint density at radius 2 is 1.74 bits per heavy atom. The van der Waals surface area contributed by atoms with Crippen LogP contribution in [0.5, 0.6) is 0 Å². The van der Waals surface area contributed by atoms with Gasteiger partial charge in [0.15, 0.2) is 5.78 Å². The Morgan fingerprint density at radius 1 is 1.06 bits per heavy atom. The van der Waals surface area contributed by atoms with Gasteiger partial charge in [0, 0.05) is 43.9 Å². The van der Waals surface area contributed by atoms with Crippen molar-refractivity contribution in [3.8, 4) is 0 Å². The number of nitrogens with zero attached hydrogens (tertiary/aromatic N) is 4. The summed E-state index contributed by atoms with van der Waals surface area (Å²) in [6, 6.07) is 11.3. The third-order valence-corrected chi connectivity index (χ3v) is 5.55. The van der Waals surface area contributed by atoms with Crippen LogP contribution in [0.2, 0.25) is 0 Å². The third-order valence-electron chi connectivity index (χ3n) is 5.55. The summed E-state index contributed by atoms with van der Waals surface area (Å²) in [5, 5.41) is 2.92. The highest BCUT2D eigenvalue weighted by Crippen LogP contribution is 2.18. The molecule has 0 radical (unpaired) electrons. The molecule has 7 heteroatoms. The van der Waals surface area contributed by atoms with Crippen LogP contribution < -0.4 is 10.2 Å². The fraction of sp³-hybridized carbons (Fsp3) is 0.500. The molecular formula is C24H33N5O2. The molecule has 31 heavy (non-hydrogen) atoms. The van der Waals surface area contributed by atoms with Crippen molar-refractivity contribution in [2.45, 2.75) is 46.1 Å². The van der Waals surface area contributed by atoms with Crippen LogP contribution in [0, 0.1) is 6.92 Å². The van der Waals surface area contributed by atoms with Gasteiger partial charge in [-0.2, -0.15) is 0 Å². The Kier molecular flexibility index (Phi) is 7.74. The lowest BCUT2D eigenvalue weighted by Crippen LogP contribution is -2.51. The number of rotatable bonds is 8. The van der Waals surface area contributed by atoms with Crippen molar-refractivity contribution in [2.24, 2.45) is 0 Å². The van der Waals surface area contributed by atoms with E-state index in [0.717, 1.165) is 49.1 Å². The average Bonchev–Trinajstić information content (AvgIpc) is 2.74. The Hall–Kier alpha value is -2.80. The van der Waals surface area contributed by atoms with Crippen LogP contribution in [0.25, 0.3) is 0 Å². The zero-order chi connectivity index (χ0) is 22.4. The largest absolute Gasteiger partial charge is 0.354 e. The molecule has 1 aromatic heterocycles. The monoisotopic (exact) mass is 423 g/mol. The topological polar surface area (TPSA) is 78.4 Å². The number of amides is 1. The van der Waals surface area contributed by atoms with E-state index in [0.29, 0.717) is 13.0 Å². The van der Waals surface area contributed by atoms with Gasteiger partial charge >= 0.3 is 0 Å². The van der Waals surface area contributed by atoms with Gasteiger partial charge in [-0.15, -0.1) is 0 Å². The molecule has 0 spiro atoms. The van der Waals surface area contributed by atoms with Gasteiger partial charge in [0.1, 0.15) is 11.6 Å². The van der Waals surface area contributed by atoms with E-state index >= 15 is 0 Å². The number of nitrogens with one attached hydrogen (secondary N) is 1. The minimum Gasteiger partial charge on any atom is -0.354 e. The van der Waals surface area contributed by atoms with Crippen molar-refractivity contribution in [1.29, 1.82) is 0 Å². The second kappa shape index (κ2) is 10.5. The molecule has 1 unspecified atom stereocenters. The first-order valence-corrected chi connectivity index (χ1v) is 11.0. The molecular weight excluding hydrogens is 390 g/mol. The number of hydrogen-bond acceptors (Lipinski definition) is 6. The maximum Gasteiger partial charge on any atom is 0.234 e. The van der Waals surface area contributed by atoms with Crippen molar-refractivity contribution >= 4 is 17.5 Å². The maximum atomic E-state index is 12.6. The lowest BCUT2D eigenvalue weighted by atomic mass is 10.0. The fourth-order valence-electron chi connectivity index (χ4n) is 3.72. The summed E-state index contributed by atoms with van der Waals surface area (Å²) in [5.74, 6) is 1.98. The van der Waals surface area contributed by atoms with Crippen LogP contribution in [0.15, 0.2) is 36.4 Å². The predicted molar refractivity (Wildman–Crippen MR) is 122 cm³/mol. The molecule has 3 rings (SSSR count). The molecule has 0 bridgehead atoms. The number of hydrogen-bond donors (Lipinski definition) is 1. The van der Waals surface area contributed by atoms with Crippen molar-refractivity contribution < 1.29 is 9.59 Å². The highest BCUT2D eigenvalue weighted by Gasteiger charge is 2.23. The fourth-order valence-corrected chi connectivity index (χ4v) is 3.72. The SMILES string of the molecule is CC(=O)C(Cc1ccccc1)NC(=O)CN1CCN(c2cc(C)nc(C(C)C)n2)CC1. The molecule has 7 nitrogen and oxygen atoms in total. The van der Waals surface area contributed by atoms with E-state index in [1.165, 1.54) is 6.92 Å². The van der Waals surface area contributed by atoms with E-state index in [-0.39, 0.29) is 17.6 Å². The van der Waals surface area contributed by atoms with Gasteiger partial charge in [-0.25, -0.2) is 9.97 Å². The third kappa shape index (κ3) is 6.59. The Morgan fingerprint density at radius 3 is 2.35 bits per heavy atom. The normalized spacial score (nSPS) is 15.7. The molecule has 1 amide bonds. The summed E-state index contributed by atoms with van der Waals surface area (Å²) in [6.07, 6.45) is 0.515. The number of ketones is 1. The van der Waals surface area contributed by atoms with Gasteiger partial charge in [0.25, 0.3) is 0 Å². The second-order valence-corrected chi connectivity index (χ2v) is 8.56. The molecule has 1 fully saturated rings. The second-order valence-electron chi connectivity index (χ2n) is 8.56. The lowest BCUT2D eigenvalue weighted by molar-refractivity contribution is -0.127. The van der Waals surface area contributed by atoms with Crippen LogP contribution in [0.4, 0.5) is 5.82 Å². The summed E-state index contributed by atoms with van der Waals surface area (Å²) in [7, 11) is 0. The number of anilines is 1. The van der Waals surface area contributed by atoms with Gasteiger partial charge in [-0.3, -0.25) is 14.5 Å². The van der Waals surface area contributed by atoms with Crippen LogP contribution in [0.1, 0.15) is 43.8 Å². The first-order chi connectivity index (χ1) is 14.8. The summed E-state index contributed by atoms with van der Waals surface area (Å²) in [4.78, 5) is 38.3. The summed E-state index contributed by atoms with van der Waals surface area (Å²) in [6.45, 7) is 11.2. The van der Waals surface area contributed by atoms with Gasteiger partial charge in [0.05, 0.1) is 12.6 Å². The highest BCUT2D eigenvalue weighted by molar-refractivity contribution is 5.88. The molecule has 1 aliphatic heterocycles. The molecule has 1 atom stereocenters. The van der Waals surface area contributed by atoms with Crippen molar-refractivity contribution in [3.63, 3.8) is 0 Å². The van der Waals surface area contributed by atoms with E-state index < -0.39 is 6.04 Å². The van der Waals surface area contributed by atoms with Gasteiger partial charge in [0.2, 0.25) is 5.91 Å². The van der Waals surface area contributed by atoms with Gasteiger partial charge in [-0.1, -0.05) is 44.2 Å². The van der Waals surface area contributed by atoms with E-state index in [1.807, 2.05) is 43.3 Å². The zero-order valence-corrected chi connectivity index (χ0v) is 19.0. The minimum absolute atomic E-state index is 0.0258. The predicted octanol–water partition coefficient (Wildman–Crippen LogP) is 2.35. The number of Topliss-reactive ketones (excluding diaryl/α,β-unsaturated/α-hetero) is 1. The van der Waals surface area contributed by atoms with E-state index in [9.17, 15) is 9.59 Å². The molecule has 166 valence electrons. The molecule has 1 saturated heterocycles. The number of carbonyl (C=O) groups is 2. The Bertz CT molecular complexity index is 892. The maximum absolute atomic E-state index is 12.6. The molecule has 0 saturated carbocycles. The van der Waals surface area contributed by atoms with E-state index in [4.69, 9.17) is 4.98 Å². The molecule has 1 aromatic carbocycles. The first kappa shape index (κ1) is 22.9. The number of carbonyl (C=O) groups excluding carboxylic acids is 2. The number of benzene rings is 1. The Balaban J connectivity index is 1.52. The molecule has 2 heterocycles. The van der Waals surface area contributed by atoms with Crippen LogP contribution in [-0.2, 0) is 16.0 Å². The molecule has 0 aliphatic carbocycles. The first-order valence-electron chi connectivity index (χ1n) is 11.0. The van der Waals surface area contributed by atoms with E-state index in [2.05, 4.69) is 33.9 Å². The van der Waals surface area contributed by atoms with Crippen molar-refractivity contribution in [3.05, 3.63) is 53.5 Å². The van der Waals surface area contributed by atoms with Crippen molar-refractivity contribution in [1.82, 2.24) is 20.2 Å². The minimum atomic E-state index is -0.491. The molecule has 2 aromatic rings. The zero-order valence-electron chi connectivity index (χ0n) is 19.0. The standard InChI is InChI=1S/C24H33N5O2/c1-17(2)24-25-18(3)14-22(27-24)29-12-10-28(11-13-29)16-23(31)26-21(19(4)30)15-20-8-6-5-7-9-20/h5-9,14,17,21H,10-13,15-16H2,1-4H3,(H,26,31). The van der Waals surface area contributed by atoms with Gasteiger partial charge in [-0.05, 0) is 25.8 Å². The van der Waals surface area contributed by atoms with Crippen LogP contribution >= 0.6 is 0 Å². The summed E-state index contributed by atoms with van der Waals surface area (Å²) >= 11 is 0. The molecule has 1 aliphatic rings. The quantitative estimate of drug-likeness (QED) is 0.702. The number of piperazine rings is 1. The average molecular weight is 424 g/mol. The summed E-state index contributed by atoms with van der Waals surface area (Å²) < 4.78 is 0.